The minimum atomic E-state index is -0.931. The second-order valence-corrected chi connectivity index (χ2v) is 5.11. The van der Waals surface area contributed by atoms with Gasteiger partial charge in [-0.2, -0.15) is 0 Å². The van der Waals surface area contributed by atoms with Crippen molar-refractivity contribution >= 4 is 16.7 Å². The summed E-state index contributed by atoms with van der Waals surface area (Å²) in [6.07, 6.45) is 4.46. The molecule has 1 aliphatic carbocycles. The lowest BCUT2D eigenvalue weighted by Crippen LogP contribution is -2.36. The van der Waals surface area contributed by atoms with Crippen LogP contribution in [0.25, 0.3) is 10.9 Å². The van der Waals surface area contributed by atoms with E-state index in [9.17, 15) is 13.9 Å². The Bertz CT molecular complexity index is 635. The van der Waals surface area contributed by atoms with Crippen LogP contribution in [0.3, 0.4) is 0 Å². The van der Waals surface area contributed by atoms with E-state index >= 15 is 0 Å². The summed E-state index contributed by atoms with van der Waals surface area (Å²) < 4.78 is 26.6. The fourth-order valence-corrected chi connectivity index (χ4v) is 2.62. The lowest BCUT2D eigenvalue weighted by atomic mass is 9.92. The number of nitrogens with zero attached hydrogens (tertiary/aromatic N) is 2. The van der Waals surface area contributed by atoms with Gasteiger partial charge >= 0.3 is 0 Å². The second-order valence-electron chi connectivity index (χ2n) is 5.11. The molecule has 0 radical (unpaired) electrons. The number of anilines is 1. The Labute approximate surface area is 114 Å². The number of halogens is 2. The number of nitrogens with one attached hydrogen (secondary N) is 1. The molecule has 1 fully saturated rings. The van der Waals surface area contributed by atoms with Crippen LogP contribution in [0.5, 0.6) is 0 Å². The van der Waals surface area contributed by atoms with Gasteiger partial charge in [0.2, 0.25) is 0 Å². The zero-order chi connectivity index (χ0) is 14.1. The number of aromatic nitrogens is 2. The van der Waals surface area contributed by atoms with Crippen molar-refractivity contribution in [2.45, 2.75) is 37.8 Å². The minimum Gasteiger partial charge on any atom is -0.391 e. The maximum Gasteiger partial charge on any atom is 0.161 e. The van der Waals surface area contributed by atoms with E-state index in [-0.39, 0.29) is 6.04 Å². The van der Waals surface area contributed by atoms with Crippen LogP contribution < -0.4 is 5.32 Å². The van der Waals surface area contributed by atoms with Gasteiger partial charge in [-0.25, -0.2) is 18.7 Å². The molecule has 6 heteroatoms. The van der Waals surface area contributed by atoms with Gasteiger partial charge in [0, 0.05) is 11.5 Å². The van der Waals surface area contributed by atoms with Gasteiger partial charge in [-0.05, 0) is 18.9 Å². The minimum absolute atomic E-state index is 0.116. The molecule has 0 amide bonds. The molecule has 0 bridgehead atoms. The van der Waals surface area contributed by atoms with E-state index in [1.54, 1.807) is 0 Å². The zero-order valence-corrected chi connectivity index (χ0v) is 10.8. The molecule has 2 atom stereocenters. The summed E-state index contributed by atoms with van der Waals surface area (Å²) in [5.74, 6) is -1.43. The van der Waals surface area contributed by atoms with Crippen LogP contribution in [0.1, 0.15) is 25.7 Å². The Morgan fingerprint density at radius 1 is 1.10 bits per heavy atom. The Hall–Kier alpha value is -1.82. The van der Waals surface area contributed by atoms with Crippen molar-refractivity contribution in [3.63, 3.8) is 0 Å². The van der Waals surface area contributed by atoms with Crippen LogP contribution in [-0.4, -0.2) is 27.2 Å². The molecule has 1 heterocycles. The number of aliphatic hydroxyl groups is 1. The molecule has 20 heavy (non-hydrogen) atoms. The molecule has 0 aliphatic heterocycles. The number of rotatable bonds is 2. The SMILES string of the molecule is O[C@@H]1CCCC[C@@H]1Nc1ncnc2cc(F)c(F)cc12. The van der Waals surface area contributed by atoms with Gasteiger partial charge in [0.25, 0.3) is 0 Å². The van der Waals surface area contributed by atoms with E-state index in [0.717, 1.165) is 37.8 Å². The molecule has 0 spiro atoms. The Kier molecular flexibility index (Phi) is 3.48. The van der Waals surface area contributed by atoms with E-state index in [0.29, 0.717) is 16.7 Å². The third-order valence-electron chi connectivity index (χ3n) is 3.73. The summed E-state index contributed by atoms with van der Waals surface area (Å²) in [6, 6.07) is 2.02. The Morgan fingerprint density at radius 2 is 1.85 bits per heavy atom. The summed E-state index contributed by atoms with van der Waals surface area (Å²) in [4.78, 5) is 8.02. The number of hydrogen-bond donors (Lipinski definition) is 2. The van der Waals surface area contributed by atoms with Crippen molar-refractivity contribution in [2.75, 3.05) is 5.32 Å². The summed E-state index contributed by atoms with van der Waals surface area (Å²) in [7, 11) is 0. The van der Waals surface area contributed by atoms with Gasteiger partial charge < -0.3 is 10.4 Å². The molecule has 2 aromatic rings. The predicted molar refractivity (Wildman–Crippen MR) is 71.3 cm³/mol. The van der Waals surface area contributed by atoms with Crippen molar-refractivity contribution < 1.29 is 13.9 Å². The van der Waals surface area contributed by atoms with E-state index < -0.39 is 17.7 Å². The molecule has 4 nitrogen and oxygen atoms in total. The normalized spacial score (nSPS) is 22.9. The molecule has 1 saturated carbocycles. The van der Waals surface area contributed by atoms with Crippen molar-refractivity contribution in [1.29, 1.82) is 0 Å². The summed E-state index contributed by atoms with van der Waals surface area (Å²) in [6.45, 7) is 0. The first-order chi connectivity index (χ1) is 9.65. The molecular weight excluding hydrogens is 264 g/mol. The number of benzene rings is 1. The molecule has 2 N–H and O–H groups in total. The monoisotopic (exact) mass is 279 g/mol. The van der Waals surface area contributed by atoms with Crippen LogP contribution in [0.15, 0.2) is 18.5 Å². The maximum absolute atomic E-state index is 13.4. The molecule has 106 valence electrons. The first-order valence-corrected chi connectivity index (χ1v) is 6.69. The Balaban J connectivity index is 1.96. The molecule has 3 rings (SSSR count). The van der Waals surface area contributed by atoms with Gasteiger partial charge in [-0.1, -0.05) is 12.8 Å². The van der Waals surface area contributed by atoms with Crippen LogP contribution in [0.2, 0.25) is 0 Å². The highest BCUT2D eigenvalue weighted by Crippen LogP contribution is 2.26. The lowest BCUT2D eigenvalue weighted by Gasteiger charge is -2.29. The van der Waals surface area contributed by atoms with Gasteiger partial charge in [-0.3, -0.25) is 0 Å². The fraction of sp³-hybridized carbons (Fsp3) is 0.429. The molecular formula is C14H15F2N3O. The average Bonchev–Trinajstić information content (AvgIpc) is 2.43. The van der Waals surface area contributed by atoms with E-state index in [1.165, 1.54) is 6.33 Å². The summed E-state index contributed by atoms with van der Waals surface area (Å²) in [5.41, 5.74) is 0.340. The van der Waals surface area contributed by atoms with Gasteiger partial charge in [-0.15, -0.1) is 0 Å². The van der Waals surface area contributed by atoms with E-state index in [1.807, 2.05) is 0 Å². The lowest BCUT2D eigenvalue weighted by molar-refractivity contribution is 0.116. The molecule has 1 aliphatic rings. The highest BCUT2D eigenvalue weighted by molar-refractivity contribution is 5.89. The average molecular weight is 279 g/mol. The van der Waals surface area contributed by atoms with Crippen molar-refractivity contribution in [2.24, 2.45) is 0 Å². The van der Waals surface area contributed by atoms with Crippen LogP contribution >= 0.6 is 0 Å². The quantitative estimate of drug-likeness (QED) is 0.887. The van der Waals surface area contributed by atoms with Gasteiger partial charge in [0.1, 0.15) is 12.1 Å². The van der Waals surface area contributed by atoms with Crippen molar-refractivity contribution in [1.82, 2.24) is 9.97 Å². The highest BCUT2D eigenvalue weighted by Gasteiger charge is 2.24. The fourth-order valence-electron chi connectivity index (χ4n) is 2.62. The van der Waals surface area contributed by atoms with Crippen molar-refractivity contribution in [3.8, 4) is 0 Å². The maximum atomic E-state index is 13.4. The summed E-state index contributed by atoms with van der Waals surface area (Å²) >= 11 is 0. The number of aliphatic hydroxyl groups excluding tert-OH is 1. The van der Waals surface area contributed by atoms with E-state index in [2.05, 4.69) is 15.3 Å². The molecule has 0 unspecified atom stereocenters. The third kappa shape index (κ3) is 2.43. The van der Waals surface area contributed by atoms with Crippen molar-refractivity contribution in [3.05, 3.63) is 30.1 Å². The first kappa shape index (κ1) is 13.2. The third-order valence-corrected chi connectivity index (χ3v) is 3.73. The standard InChI is InChI=1S/C14H15F2N3O/c15-9-5-8-12(6-10(9)16)17-7-18-14(8)19-11-3-1-2-4-13(11)20/h5-7,11,13,20H,1-4H2,(H,17,18,19)/t11-,13+/m0/s1. The second kappa shape index (κ2) is 5.28. The van der Waals surface area contributed by atoms with E-state index in [4.69, 9.17) is 0 Å². The topological polar surface area (TPSA) is 58.0 Å². The van der Waals surface area contributed by atoms with Gasteiger partial charge in [0.15, 0.2) is 11.6 Å². The van der Waals surface area contributed by atoms with Crippen LogP contribution in [-0.2, 0) is 0 Å². The Morgan fingerprint density at radius 3 is 2.65 bits per heavy atom. The van der Waals surface area contributed by atoms with Crippen LogP contribution in [0.4, 0.5) is 14.6 Å². The molecule has 1 aromatic heterocycles. The van der Waals surface area contributed by atoms with Crippen LogP contribution in [0, 0.1) is 11.6 Å². The molecule has 1 aromatic carbocycles. The number of hydrogen-bond acceptors (Lipinski definition) is 4. The smallest absolute Gasteiger partial charge is 0.161 e. The largest absolute Gasteiger partial charge is 0.391 e. The number of fused-ring (bicyclic) bond motifs is 1. The summed E-state index contributed by atoms with van der Waals surface area (Å²) in [5, 5.41) is 13.5. The first-order valence-electron chi connectivity index (χ1n) is 6.69. The van der Waals surface area contributed by atoms with Gasteiger partial charge in [0.05, 0.1) is 17.7 Å². The molecule has 0 saturated heterocycles. The zero-order valence-electron chi connectivity index (χ0n) is 10.8. The highest BCUT2D eigenvalue weighted by atomic mass is 19.2. The predicted octanol–water partition coefficient (Wildman–Crippen LogP) is 2.62.